The van der Waals surface area contributed by atoms with E-state index in [0.29, 0.717) is 53.2 Å². The maximum Gasteiger partial charge on any atom is 0.413 e. The minimum atomic E-state index is -1.09. The largest absolute Gasteiger partial charge is 0.444 e. The summed E-state index contributed by atoms with van der Waals surface area (Å²) in [6.07, 6.45) is 1.43. The Morgan fingerprint density at radius 2 is 1.77 bits per heavy atom. The summed E-state index contributed by atoms with van der Waals surface area (Å²) >= 11 is 6.16. The topological polar surface area (TPSA) is 135 Å². The maximum absolute atomic E-state index is 12.1. The SMILES string of the molecule is Cc1cc(NC(=O)OC(C)(C)C)nc(C)c1CNCc1nnc(Cc2cc(C(C)(C)O)c3ncc(Cl)cc3c2)o1. The van der Waals surface area contributed by atoms with Gasteiger partial charge in [0.1, 0.15) is 11.4 Å². The van der Waals surface area contributed by atoms with E-state index in [4.69, 9.17) is 20.8 Å². The van der Waals surface area contributed by atoms with Crippen LogP contribution in [0.5, 0.6) is 0 Å². The summed E-state index contributed by atoms with van der Waals surface area (Å²) in [5.74, 6) is 1.35. The van der Waals surface area contributed by atoms with Crippen LogP contribution in [-0.2, 0) is 29.8 Å². The van der Waals surface area contributed by atoms with E-state index in [9.17, 15) is 9.90 Å². The van der Waals surface area contributed by atoms with Crippen molar-refractivity contribution in [3.63, 3.8) is 0 Å². The Balaban J connectivity index is 1.40. The molecule has 212 valence electrons. The highest BCUT2D eigenvalue weighted by molar-refractivity contribution is 6.31. The predicted octanol–water partition coefficient (Wildman–Crippen LogP) is 5.74. The van der Waals surface area contributed by atoms with Crippen molar-refractivity contribution in [3.8, 4) is 0 Å². The third kappa shape index (κ3) is 7.53. The lowest BCUT2D eigenvalue weighted by Crippen LogP contribution is -2.27. The third-order valence-electron chi connectivity index (χ3n) is 6.09. The number of hydrogen-bond acceptors (Lipinski definition) is 9. The number of nitrogens with one attached hydrogen (secondary N) is 2. The van der Waals surface area contributed by atoms with Crippen LogP contribution in [0.1, 0.15) is 74.3 Å². The van der Waals surface area contributed by atoms with Gasteiger partial charge >= 0.3 is 6.09 Å². The molecular formula is C29H35ClN6O4. The van der Waals surface area contributed by atoms with Crippen molar-refractivity contribution in [1.29, 1.82) is 0 Å². The third-order valence-corrected chi connectivity index (χ3v) is 6.30. The van der Waals surface area contributed by atoms with Crippen LogP contribution >= 0.6 is 11.6 Å². The quantitative estimate of drug-likeness (QED) is 0.244. The molecule has 0 bridgehead atoms. The number of halogens is 1. The van der Waals surface area contributed by atoms with Crippen molar-refractivity contribution in [3.05, 3.63) is 75.2 Å². The second-order valence-corrected chi connectivity index (χ2v) is 11.7. The summed E-state index contributed by atoms with van der Waals surface area (Å²) in [7, 11) is 0. The minimum Gasteiger partial charge on any atom is -0.444 e. The number of ether oxygens (including phenoxy) is 1. The first-order valence-electron chi connectivity index (χ1n) is 13.0. The second-order valence-electron chi connectivity index (χ2n) is 11.3. The lowest BCUT2D eigenvalue weighted by molar-refractivity contribution is 0.0635. The van der Waals surface area contributed by atoms with Gasteiger partial charge in [-0.25, -0.2) is 9.78 Å². The normalized spacial score (nSPS) is 12.1. The number of carbonyl (C=O) groups is 1. The molecule has 4 rings (SSSR count). The van der Waals surface area contributed by atoms with Crippen LogP contribution in [0.25, 0.3) is 10.9 Å². The monoisotopic (exact) mass is 566 g/mol. The molecule has 3 aromatic heterocycles. The molecular weight excluding hydrogens is 532 g/mol. The van der Waals surface area contributed by atoms with Crippen molar-refractivity contribution < 1.29 is 19.1 Å². The smallest absolute Gasteiger partial charge is 0.413 e. The van der Waals surface area contributed by atoms with Crippen LogP contribution in [0.15, 0.2) is 34.9 Å². The number of benzene rings is 1. The van der Waals surface area contributed by atoms with Gasteiger partial charge in [-0.05, 0) is 83.4 Å². The first-order chi connectivity index (χ1) is 18.7. The van der Waals surface area contributed by atoms with E-state index in [1.165, 1.54) is 0 Å². The first-order valence-corrected chi connectivity index (χ1v) is 13.4. The zero-order valence-corrected chi connectivity index (χ0v) is 24.6. The molecule has 40 heavy (non-hydrogen) atoms. The maximum atomic E-state index is 12.1. The Bertz CT molecular complexity index is 1520. The summed E-state index contributed by atoms with van der Waals surface area (Å²) in [4.78, 5) is 21.0. The molecule has 0 saturated carbocycles. The van der Waals surface area contributed by atoms with Crippen molar-refractivity contribution in [2.75, 3.05) is 5.32 Å². The minimum absolute atomic E-state index is 0.371. The number of amides is 1. The number of anilines is 1. The zero-order chi connectivity index (χ0) is 29.2. The Morgan fingerprint density at radius 1 is 1.05 bits per heavy atom. The second kappa shape index (κ2) is 11.5. The number of carbonyl (C=O) groups excluding carboxylic acids is 1. The average molecular weight is 567 g/mol. The summed E-state index contributed by atoms with van der Waals surface area (Å²) in [6, 6.07) is 7.51. The summed E-state index contributed by atoms with van der Waals surface area (Å²) in [5, 5.41) is 26.4. The van der Waals surface area contributed by atoms with Crippen LogP contribution in [0.4, 0.5) is 10.6 Å². The van der Waals surface area contributed by atoms with Gasteiger partial charge in [0.15, 0.2) is 0 Å². The van der Waals surface area contributed by atoms with Gasteiger partial charge in [-0.2, -0.15) is 0 Å². The van der Waals surface area contributed by atoms with Gasteiger partial charge in [0.05, 0.1) is 29.1 Å². The molecule has 10 nitrogen and oxygen atoms in total. The molecule has 0 aliphatic rings. The zero-order valence-electron chi connectivity index (χ0n) is 23.8. The highest BCUT2D eigenvalue weighted by atomic mass is 35.5. The highest BCUT2D eigenvalue weighted by Crippen LogP contribution is 2.30. The van der Waals surface area contributed by atoms with E-state index in [1.807, 2.05) is 58.9 Å². The van der Waals surface area contributed by atoms with Crippen LogP contribution in [0.3, 0.4) is 0 Å². The van der Waals surface area contributed by atoms with E-state index < -0.39 is 17.3 Å². The Labute approximate surface area is 238 Å². The number of pyridine rings is 2. The molecule has 3 N–H and O–H groups in total. The first kappa shape index (κ1) is 29.4. The molecule has 11 heteroatoms. The van der Waals surface area contributed by atoms with Crippen molar-refractivity contribution in [2.45, 2.75) is 79.2 Å². The molecule has 0 radical (unpaired) electrons. The molecule has 0 aliphatic heterocycles. The summed E-state index contributed by atoms with van der Waals surface area (Å²) in [6.45, 7) is 13.6. The standard InChI is InChI=1S/C29H35ClN6O4/c1-16-8-23(34-27(37)40-28(3,4)5)33-17(2)21(16)14-31-15-25-36-35-24(39-25)11-18-9-19-12-20(30)13-32-26(19)22(10-18)29(6,7)38/h8-10,12-13,31,38H,11,14-15H2,1-7H3,(H,33,34,37). The fraction of sp³-hybridized carbons (Fsp3) is 0.414. The van der Waals surface area contributed by atoms with Crippen LogP contribution in [0, 0.1) is 13.8 Å². The Morgan fingerprint density at radius 3 is 2.45 bits per heavy atom. The van der Waals surface area contributed by atoms with Gasteiger partial charge in [-0.1, -0.05) is 17.7 Å². The van der Waals surface area contributed by atoms with E-state index in [-0.39, 0.29) is 0 Å². The molecule has 3 heterocycles. The van der Waals surface area contributed by atoms with E-state index in [0.717, 1.165) is 27.8 Å². The van der Waals surface area contributed by atoms with Gasteiger partial charge in [0, 0.05) is 29.4 Å². The lowest BCUT2D eigenvalue weighted by atomic mass is 9.92. The number of nitrogens with zero attached hydrogens (tertiary/aromatic N) is 4. The average Bonchev–Trinajstić information content (AvgIpc) is 3.25. The molecule has 1 aromatic carbocycles. The number of aromatic nitrogens is 4. The number of rotatable bonds is 8. The van der Waals surface area contributed by atoms with E-state index in [1.54, 1.807) is 20.0 Å². The number of fused-ring (bicyclic) bond motifs is 1. The van der Waals surface area contributed by atoms with E-state index >= 15 is 0 Å². The molecule has 4 aromatic rings. The summed E-state index contributed by atoms with van der Waals surface area (Å²) < 4.78 is 11.2. The van der Waals surface area contributed by atoms with Crippen LogP contribution < -0.4 is 10.6 Å². The van der Waals surface area contributed by atoms with Crippen molar-refractivity contribution in [1.82, 2.24) is 25.5 Å². The molecule has 0 fully saturated rings. The van der Waals surface area contributed by atoms with Crippen LogP contribution in [0.2, 0.25) is 5.02 Å². The summed E-state index contributed by atoms with van der Waals surface area (Å²) in [5.41, 5.74) is 3.39. The molecule has 1 amide bonds. The number of hydrogen-bond donors (Lipinski definition) is 3. The molecule has 0 aliphatic carbocycles. The van der Waals surface area contributed by atoms with Crippen molar-refractivity contribution in [2.24, 2.45) is 0 Å². The molecule has 0 atom stereocenters. The fourth-order valence-electron chi connectivity index (χ4n) is 4.35. The van der Waals surface area contributed by atoms with Crippen molar-refractivity contribution >= 4 is 34.4 Å². The number of aliphatic hydroxyl groups is 1. The van der Waals surface area contributed by atoms with Gasteiger partial charge in [0.2, 0.25) is 11.8 Å². The fourth-order valence-corrected chi connectivity index (χ4v) is 4.52. The predicted molar refractivity (Wildman–Crippen MR) is 153 cm³/mol. The highest BCUT2D eigenvalue weighted by Gasteiger charge is 2.22. The Kier molecular flexibility index (Phi) is 8.44. The van der Waals surface area contributed by atoms with Crippen LogP contribution in [-0.4, -0.2) is 37.0 Å². The van der Waals surface area contributed by atoms with Gasteiger partial charge in [0.25, 0.3) is 0 Å². The van der Waals surface area contributed by atoms with E-state index in [2.05, 4.69) is 30.8 Å². The Hall–Kier alpha value is -3.60. The lowest BCUT2D eigenvalue weighted by Gasteiger charge is -2.20. The number of aryl methyl sites for hydroxylation is 2. The molecule has 0 saturated heterocycles. The van der Waals surface area contributed by atoms with Gasteiger partial charge in [-0.3, -0.25) is 10.3 Å². The van der Waals surface area contributed by atoms with Gasteiger partial charge < -0.3 is 19.6 Å². The van der Waals surface area contributed by atoms with Gasteiger partial charge in [-0.15, -0.1) is 10.2 Å². The molecule has 0 unspecified atom stereocenters. The molecule has 0 spiro atoms.